The molecule has 2 aromatic heterocycles. The van der Waals surface area contributed by atoms with Crippen LogP contribution in [0.1, 0.15) is 0 Å². The van der Waals surface area contributed by atoms with Gasteiger partial charge in [-0.15, -0.1) is 0 Å². The van der Waals surface area contributed by atoms with Gasteiger partial charge in [0.2, 0.25) is 0 Å². The molecule has 0 aliphatic heterocycles. The maximum Gasteiger partial charge on any atom is 0.0978 e. The highest BCUT2D eigenvalue weighted by Crippen LogP contribution is 2.45. The minimum atomic E-state index is 0.903. The number of hydrogen-bond donors (Lipinski definition) is 0. The lowest BCUT2D eigenvalue weighted by molar-refractivity contribution is 1.36. The summed E-state index contributed by atoms with van der Waals surface area (Å²) in [5.74, 6) is 0. The van der Waals surface area contributed by atoms with Gasteiger partial charge in [0.1, 0.15) is 0 Å². The highest BCUT2D eigenvalue weighted by atomic mass is 14.8. The van der Waals surface area contributed by atoms with Crippen LogP contribution < -0.4 is 0 Å². The summed E-state index contributed by atoms with van der Waals surface area (Å²) in [6.45, 7) is 0. The molecular weight excluding hydrogens is 629 g/mol. The van der Waals surface area contributed by atoms with E-state index in [1.54, 1.807) is 0 Å². The third kappa shape index (κ3) is 5.04. The molecule has 0 amide bonds. The van der Waals surface area contributed by atoms with E-state index in [2.05, 4.69) is 188 Å². The van der Waals surface area contributed by atoms with E-state index in [1.165, 1.54) is 43.8 Å². The van der Waals surface area contributed by atoms with Crippen LogP contribution in [-0.2, 0) is 0 Å². The first kappa shape index (κ1) is 30.0. The molecule has 10 rings (SSSR count). The van der Waals surface area contributed by atoms with E-state index in [9.17, 15) is 0 Å². The molecule has 2 heteroatoms. The lowest BCUT2D eigenvalue weighted by Gasteiger charge is -2.18. The topological polar surface area (TPSA) is 25.8 Å². The standard InChI is InChI=1S/C50H32N2/c1-4-15-33(16-5-1)45-30-28-36-27-29-43-44(32-46(34-17-6-2-7-18-34)52-50(43)49(36)51-45)37-21-14-22-38(31-37)48-41-25-12-10-23-39(41)47(35-19-8-3-9-20-35)40-24-11-13-26-42(40)48/h1-32H. The number of nitrogens with zero attached hydrogens (tertiary/aromatic N) is 2. The Morgan fingerprint density at radius 2 is 0.731 bits per heavy atom. The zero-order chi connectivity index (χ0) is 34.4. The van der Waals surface area contributed by atoms with Crippen LogP contribution >= 0.6 is 0 Å². The highest BCUT2D eigenvalue weighted by molar-refractivity contribution is 6.21. The molecule has 0 radical (unpaired) electrons. The van der Waals surface area contributed by atoms with Crippen molar-refractivity contribution in [1.82, 2.24) is 9.97 Å². The second-order valence-corrected chi connectivity index (χ2v) is 13.3. The van der Waals surface area contributed by atoms with Crippen LogP contribution in [0.4, 0.5) is 0 Å². The molecule has 0 atom stereocenters. The SMILES string of the molecule is c1ccc(-c2ccc3ccc4c(-c5cccc(-c6c7ccccc7c(-c7ccccc7)c7ccccc67)c5)cc(-c5ccccc5)nc4c3n2)cc1. The fourth-order valence-corrected chi connectivity index (χ4v) is 7.83. The third-order valence-electron chi connectivity index (χ3n) is 10.2. The lowest BCUT2D eigenvalue weighted by atomic mass is 9.85. The molecule has 0 fully saturated rings. The van der Waals surface area contributed by atoms with Crippen molar-refractivity contribution in [2.75, 3.05) is 0 Å². The molecule has 2 heterocycles. The Bertz CT molecular complexity index is 2880. The molecule has 2 nitrogen and oxygen atoms in total. The van der Waals surface area contributed by atoms with Crippen molar-refractivity contribution >= 4 is 43.4 Å². The van der Waals surface area contributed by atoms with Crippen molar-refractivity contribution < 1.29 is 0 Å². The molecule has 0 N–H and O–H groups in total. The van der Waals surface area contributed by atoms with Gasteiger partial charge in [0.05, 0.1) is 22.4 Å². The van der Waals surface area contributed by atoms with Gasteiger partial charge in [-0.2, -0.15) is 0 Å². The second-order valence-electron chi connectivity index (χ2n) is 13.3. The summed E-state index contributed by atoms with van der Waals surface area (Å²) in [4.78, 5) is 10.6. The van der Waals surface area contributed by atoms with Gasteiger partial charge in [-0.05, 0) is 73.1 Å². The Kier molecular flexibility index (Phi) is 7.18. The summed E-state index contributed by atoms with van der Waals surface area (Å²) in [7, 11) is 0. The fourth-order valence-electron chi connectivity index (χ4n) is 7.83. The van der Waals surface area contributed by atoms with E-state index in [1.807, 2.05) is 6.07 Å². The second kappa shape index (κ2) is 12.5. The molecule has 0 saturated heterocycles. The molecule has 52 heavy (non-hydrogen) atoms. The van der Waals surface area contributed by atoms with E-state index in [0.29, 0.717) is 0 Å². The van der Waals surface area contributed by atoms with E-state index in [0.717, 1.165) is 55.4 Å². The van der Waals surface area contributed by atoms with E-state index < -0.39 is 0 Å². The van der Waals surface area contributed by atoms with Crippen molar-refractivity contribution in [3.8, 4) is 55.9 Å². The molecule has 242 valence electrons. The molecular formula is C50H32N2. The van der Waals surface area contributed by atoms with Gasteiger partial charge in [0.25, 0.3) is 0 Å². The van der Waals surface area contributed by atoms with Gasteiger partial charge in [0, 0.05) is 21.9 Å². The Balaban J connectivity index is 1.24. The zero-order valence-corrected chi connectivity index (χ0v) is 28.4. The number of fused-ring (bicyclic) bond motifs is 5. The quantitative estimate of drug-likeness (QED) is 0.136. The van der Waals surface area contributed by atoms with Crippen molar-refractivity contribution in [3.63, 3.8) is 0 Å². The van der Waals surface area contributed by atoms with Crippen LogP contribution in [0.2, 0.25) is 0 Å². The average molecular weight is 661 g/mol. The van der Waals surface area contributed by atoms with Crippen LogP contribution in [0.25, 0.3) is 99.2 Å². The van der Waals surface area contributed by atoms with Crippen LogP contribution in [0.5, 0.6) is 0 Å². The van der Waals surface area contributed by atoms with Crippen LogP contribution in [0, 0.1) is 0 Å². The Morgan fingerprint density at radius 1 is 0.269 bits per heavy atom. The molecule has 0 aliphatic rings. The van der Waals surface area contributed by atoms with Gasteiger partial charge >= 0.3 is 0 Å². The summed E-state index contributed by atoms with van der Waals surface area (Å²) >= 11 is 0. The summed E-state index contributed by atoms with van der Waals surface area (Å²) in [5, 5.41) is 7.13. The first-order valence-corrected chi connectivity index (χ1v) is 17.8. The number of rotatable bonds is 5. The Labute approximate surface area is 302 Å². The van der Waals surface area contributed by atoms with E-state index in [4.69, 9.17) is 9.97 Å². The maximum atomic E-state index is 5.33. The van der Waals surface area contributed by atoms with E-state index >= 15 is 0 Å². The average Bonchev–Trinajstić information content (AvgIpc) is 3.23. The summed E-state index contributed by atoms with van der Waals surface area (Å²) in [5.41, 5.74) is 13.0. The first-order valence-electron chi connectivity index (χ1n) is 17.8. The van der Waals surface area contributed by atoms with Gasteiger partial charge in [-0.1, -0.05) is 176 Å². The smallest absolute Gasteiger partial charge is 0.0978 e. The van der Waals surface area contributed by atoms with Gasteiger partial charge in [-0.25, -0.2) is 9.97 Å². The van der Waals surface area contributed by atoms with Crippen LogP contribution in [0.3, 0.4) is 0 Å². The monoisotopic (exact) mass is 660 g/mol. The molecule has 0 bridgehead atoms. The summed E-state index contributed by atoms with van der Waals surface area (Å²) in [6, 6.07) is 69.3. The fraction of sp³-hybridized carbons (Fsp3) is 0. The summed E-state index contributed by atoms with van der Waals surface area (Å²) < 4.78 is 0. The number of benzene rings is 8. The minimum Gasteiger partial charge on any atom is -0.245 e. The molecule has 0 aliphatic carbocycles. The molecule has 8 aromatic carbocycles. The van der Waals surface area contributed by atoms with Gasteiger partial charge in [0.15, 0.2) is 0 Å². The Morgan fingerprint density at radius 3 is 1.35 bits per heavy atom. The number of hydrogen-bond acceptors (Lipinski definition) is 2. The molecule has 0 unspecified atom stereocenters. The molecule has 10 aromatic rings. The summed E-state index contributed by atoms with van der Waals surface area (Å²) in [6.07, 6.45) is 0. The number of aromatic nitrogens is 2. The Hall–Kier alpha value is -6.90. The zero-order valence-electron chi connectivity index (χ0n) is 28.4. The van der Waals surface area contributed by atoms with Crippen LogP contribution in [0.15, 0.2) is 194 Å². The lowest BCUT2D eigenvalue weighted by Crippen LogP contribution is -1.94. The normalized spacial score (nSPS) is 11.5. The predicted molar refractivity (Wildman–Crippen MR) is 219 cm³/mol. The van der Waals surface area contributed by atoms with Crippen molar-refractivity contribution in [3.05, 3.63) is 194 Å². The largest absolute Gasteiger partial charge is 0.245 e. The minimum absolute atomic E-state index is 0.903. The maximum absolute atomic E-state index is 5.33. The molecule has 0 spiro atoms. The van der Waals surface area contributed by atoms with Gasteiger partial charge in [-0.3, -0.25) is 0 Å². The van der Waals surface area contributed by atoms with Crippen molar-refractivity contribution in [2.45, 2.75) is 0 Å². The predicted octanol–water partition coefficient (Wildman–Crippen LogP) is 13.4. The van der Waals surface area contributed by atoms with Crippen molar-refractivity contribution in [2.24, 2.45) is 0 Å². The first-order chi connectivity index (χ1) is 25.8. The van der Waals surface area contributed by atoms with Gasteiger partial charge < -0.3 is 0 Å². The highest BCUT2D eigenvalue weighted by Gasteiger charge is 2.18. The number of pyridine rings is 2. The van der Waals surface area contributed by atoms with Crippen molar-refractivity contribution in [1.29, 1.82) is 0 Å². The molecule has 0 saturated carbocycles. The third-order valence-corrected chi connectivity index (χ3v) is 10.2. The van der Waals surface area contributed by atoms with Crippen LogP contribution in [-0.4, -0.2) is 9.97 Å². The van der Waals surface area contributed by atoms with E-state index in [-0.39, 0.29) is 0 Å².